The summed E-state index contributed by atoms with van der Waals surface area (Å²) in [5.74, 6) is 0.592. The highest BCUT2D eigenvalue weighted by molar-refractivity contribution is 5.94. The second kappa shape index (κ2) is 8.08. The predicted molar refractivity (Wildman–Crippen MR) is 104 cm³/mol. The number of nitrogens with zero attached hydrogens (tertiary/aromatic N) is 4. The van der Waals surface area contributed by atoms with Gasteiger partial charge in [-0.1, -0.05) is 30.3 Å². The van der Waals surface area contributed by atoms with Crippen LogP contribution in [0.15, 0.2) is 67.4 Å². The molecule has 1 aromatic carbocycles. The minimum absolute atomic E-state index is 0.0621. The van der Waals surface area contributed by atoms with E-state index in [0.717, 1.165) is 43.6 Å². The zero-order valence-electron chi connectivity index (χ0n) is 15.2. The number of hydrogen-bond donors (Lipinski definition) is 0. The van der Waals surface area contributed by atoms with Crippen LogP contribution in [0.4, 0.5) is 0 Å². The number of rotatable bonds is 3. The fourth-order valence-corrected chi connectivity index (χ4v) is 3.66. The Labute approximate surface area is 159 Å². The van der Waals surface area contributed by atoms with Crippen molar-refractivity contribution in [2.45, 2.75) is 25.2 Å². The molecule has 1 aliphatic rings. The van der Waals surface area contributed by atoms with E-state index in [2.05, 4.69) is 39.2 Å². The number of carbonyl (C=O) groups excluding carboxylic acids is 1. The molecule has 1 atom stereocenters. The lowest BCUT2D eigenvalue weighted by atomic mass is 9.92. The molecule has 0 unspecified atom stereocenters. The highest BCUT2D eigenvalue weighted by Gasteiger charge is 2.22. The molecule has 3 aromatic rings. The van der Waals surface area contributed by atoms with Crippen LogP contribution >= 0.6 is 0 Å². The van der Waals surface area contributed by atoms with Crippen LogP contribution in [0.2, 0.25) is 0 Å². The molecule has 0 spiro atoms. The van der Waals surface area contributed by atoms with E-state index in [1.54, 1.807) is 18.6 Å². The van der Waals surface area contributed by atoms with E-state index in [1.165, 1.54) is 11.9 Å². The summed E-state index contributed by atoms with van der Waals surface area (Å²) in [7, 11) is 0. The van der Waals surface area contributed by atoms with Crippen LogP contribution < -0.4 is 0 Å². The molecule has 27 heavy (non-hydrogen) atoms. The summed E-state index contributed by atoms with van der Waals surface area (Å²) in [5.41, 5.74) is 3.63. The smallest absolute Gasteiger partial charge is 0.255 e. The van der Waals surface area contributed by atoms with Crippen molar-refractivity contribution in [3.05, 3.63) is 78.5 Å². The third-order valence-corrected chi connectivity index (χ3v) is 5.15. The van der Waals surface area contributed by atoms with E-state index in [-0.39, 0.29) is 5.91 Å². The molecule has 1 fully saturated rings. The van der Waals surface area contributed by atoms with Gasteiger partial charge >= 0.3 is 0 Å². The number of carbonyl (C=O) groups is 1. The normalized spacial score (nSPS) is 17.3. The van der Waals surface area contributed by atoms with E-state index in [4.69, 9.17) is 0 Å². The summed E-state index contributed by atoms with van der Waals surface area (Å²) >= 11 is 0. The summed E-state index contributed by atoms with van der Waals surface area (Å²) in [6.07, 6.45) is 9.73. The fourth-order valence-electron chi connectivity index (χ4n) is 3.66. The first kappa shape index (κ1) is 17.3. The Balaban J connectivity index is 1.43. The van der Waals surface area contributed by atoms with Gasteiger partial charge in [-0.05, 0) is 42.9 Å². The Hall–Kier alpha value is -3.08. The molecular weight excluding hydrogens is 336 g/mol. The van der Waals surface area contributed by atoms with Crippen molar-refractivity contribution in [3.8, 4) is 11.3 Å². The largest absolute Gasteiger partial charge is 0.339 e. The molecule has 0 N–H and O–H groups in total. The van der Waals surface area contributed by atoms with Crippen LogP contribution in [-0.2, 0) is 0 Å². The zero-order chi connectivity index (χ0) is 18.5. The van der Waals surface area contributed by atoms with Crippen LogP contribution in [-0.4, -0.2) is 38.8 Å². The highest BCUT2D eigenvalue weighted by atomic mass is 16.2. The second-order valence-electron chi connectivity index (χ2n) is 6.89. The van der Waals surface area contributed by atoms with E-state index < -0.39 is 0 Å². The van der Waals surface area contributed by atoms with Crippen molar-refractivity contribution in [1.29, 1.82) is 0 Å². The average Bonchev–Trinajstić information content (AvgIpc) is 3.01. The summed E-state index contributed by atoms with van der Waals surface area (Å²) in [5, 5.41) is 0. The van der Waals surface area contributed by atoms with Crippen molar-refractivity contribution in [1.82, 2.24) is 19.9 Å². The molecule has 0 radical (unpaired) electrons. The monoisotopic (exact) mass is 358 g/mol. The first-order valence-corrected chi connectivity index (χ1v) is 9.37. The number of amides is 1. The van der Waals surface area contributed by atoms with E-state index in [0.29, 0.717) is 11.5 Å². The molecule has 2 aromatic heterocycles. The fraction of sp³-hybridized carbons (Fsp3) is 0.273. The second-order valence-corrected chi connectivity index (χ2v) is 6.89. The quantitative estimate of drug-likeness (QED) is 0.711. The first-order valence-electron chi connectivity index (χ1n) is 9.37. The number of hydrogen-bond acceptors (Lipinski definition) is 4. The van der Waals surface area contributed by atoms with Crippen LogP contribution in [0.3, 0.4) is 0 Å². The lowest BCUT2D eigenvalue weighted by Gasteiger charge is -2.21. The molecule has 5 nitrogen and oxygen atoms in total. The van der Waals surface area contributed by atoms with Gasteiger partial charge in [0.1, 0.15) is 6.33 Å². The molecule has 0 aliphatic carbocycles. The van der Waals surface area contributed by atoms with Crippen LogP contribution in [0.25, 0.3) is 11.3 Å². The van der Waals surface area contributed by atoms with Crippen LogP contribution in [0, 0.1) is 0 Å². The van der Waals surface area contributed by atoms with Crippen molar-refractivity contribution in [3.63, 3.8) is 0 Å². The standard InChI is InChI=1S/C22H22N4O/c27-22(19-8-9-21(25-15-19)20-13-23-16-24-14-20)26-11-4-7-18(10-12-26)17-5-2-1-3-6-17/h1-3,5-6,8-9,13-16,18H,4,7,10-12H2/t18-/m1/s1. The Morgan fingerprint density at radius 3 is 2.48 bits per heavy atom. The summed E-state index contributed by atoms with van der Waals surface area (Å²) < 4.78 is 0. The van der Waals surface area contributed by atoms with Gasteiger partial charge < -0.3 is 4.90 Å². The van der Waals surface area contributed by atoms with Gasteiger partial charge in [0.15, 0.2) is 0 Å². The third kappa shape index (κ3) is 4.03. The number of likely N-dealkylation sites (tertiary alicyclic amines) is 1. The summed E-state index contributed by atoms with van der Waals surface area (Å²) in [6, 6.07) is 14.3. The maximum Gasteiger partial charge on any atom is 0.255 e. The van der Waals surface area contributed by atoms with Gasteiger partial charge in [0.25, 0.3) is 5.91 Å². The summed E-state index contributed by atoms with van der Waals surface area (Å²) in [6.45, 7) is 1.59. The lowest BCUT2D eigenvalue weighted by Crippen LogP contribution is -2.32. The topological polar surface area (TPSA) is 59.0 Å². The molecule has 136 valence electrons. The predicted octanol–water partition coefficient (Wildman–Crippen LogP) is 3.95. The highest BCUT2D eigenvalue weighted by Crippen LogP contribution is 2.28. The van der Waals surface area contributed by atoms with Crippen molar-refractivity contribution >= 4 is 5.91 Å². The maximum atomic E-state index is 12.9. The number of pyridine rings is 1. The molecule has 4 rings (SSSR count). The molecule has 0 bridgehead atoms. The van der Waals surface area contributed by atoms with Gasteiger partial charge in [-0.15, -0.1) is 0 Å². The minimum atomic E-state index is 0.0621. The average molecular weight is 358 g/mol. The lowest BCUT2D eigenvalue weighted by molar-refractivity contribution is 0.0760. The van der Waals surface area contributed by atoms with Crippen LogP contribution in [0.5, 0.6) is 0 Å². The van der Waals surface area contributed by atoms with Gasteiger partial charge in [-0.3, -0.25) is 9.78 Å². The van der Waals surface area contributed by atoms with Gasteiger partial charge in [-0.2, -0.15) is 0 Å². The van der Waals surface area contributed by atoms with Crippen molar-refractivity contribution in [2.24, 2.45) is 0 Å². The maximum absolute atomic E-state index is 12.9. The molecule has 5 heteroatoms. The number of benzene rings is 1. The first-order chi connectivity index (χ1) is 13.3. The van der Waals surface area contributed by atoms with Crippen molar-refractivity contribution in [2.75, 3.05) is 13.1 Å². The Kier molecular flexibility index (Phi) is 5.19. The Morgan fingerprint density at radius 1 is 0.926 bits per heavy atom. The zero-order valence-corrected chi connectivity index (χ0v) is 15.2. The van der Waals surface area contributed by atoms with Gasteiger partial charge in [0, 0.05) is 37.2 Å². The van der Waals surface area contributed by atoms with Crippen molar-refractivity contribution < 1.29 is 4.79 Å². The van der Waals surface area contributed by atoms with E-state index >= 15 is 0 Å². The van der Waals surface area contributed by atoms with Crippen LogP contribution in [0.1, 0.15) is 41.1 Å². The third-order valence-electron chi connectivity index (χ3n) is 5.15. The van der Waals surface area contributed by atoms with Gasteiger partial charge in [0.05, 0.1) is 11.3 Å². The van der Waals surface area contributed by atoms with Gasteiger partial charge in [0.2, 0.25) is 0 Å². The number of aromatic nitrogens is 3. The van der Waals surface area contributed by atoms with E-state index in [9.17, 15) is 4.79 Å². The summed E-state index contributed by atoms with van der Waals surface area (Å²) in [4.78, 5) is 27.3. The minimum Gasteiger partial charge on any atom is -0.339 e. The SMILES string of the molecule is O=C(c1ccc(-c2cncnc2)nc1)N1CCC[C@@H](c2ccccc2)CC1. The molecular formula is C22H22N4O. The van der Waals surface area contributed by atoms with Gasteiger partial charge in [-0.25, -0.2) is 9.97 Å². The Bertz CT molecular complexity index is 881. The Morgan fingerprint density at radius 2 is 1.74 bits per heavy atom. The molecule has 1 saturated heterocycles. The molecule has 1 amide bonds. The molecule has 0 saturated carbocycles. The molecule has 1 aliphatic heterocycles. The molecule has 3 heterocycles. The van der Waals surface area contributed by atoms with E-state index in [1.807, 2.05) is 23.1 Å².